The third-order valence-corrected chi connectivity index (χ3v) is 2.31. The molecule has 1 heterocycles. The number of nitrogens with two attached hydrogens (primary N) is 1. The van der Waals surface area contributed by atoms with Gasteiger partial charge in [0.25, 0.3) is 6.01 Å². The number of ketones is 1. The Kier molecular flexibility index (Phi) is 2.82. The van der Waals surface area contributed by atoms with E-state index < -0.39 is 0 Å². The number of aromatic nitrogens is 1. The molecule has 0 bridgehead atoms. The van der Waals surface area contributed by atoms with Crippen molar-refractivity contribution in [3.8, 4) is 17.0 Å². The SMILES string of the molecule is COc1cccc(-c2nc(N)oc2C(C)=O)c1. The summed E-state index contributed by atoms with van der Waals surface area (Å²) in [6.45, 7) is 1.41. The second kappa shape index (κ2) is 4.29. The first-order valence-corrected chi connectivity index (χ1v) is 5.03. The van der Waals surface area contributed by atoms with Gasteiger partial charge in [0.05, 0.1) is 7.11 Å². The van der Waals surface area contributed by atoms with Crippen LogP contribution in [0.5, 0.6) is 5.75 Å². The van der Waals surface area contributed by atoms with E-state index >= 15 is 0 Å². The molecule has 17 heavy (non-hydrogen) atoms. The highest BCUT2D eigenvalue weighted by Crippen LogP contribution is 2.28. The molecular weight excluding hydrogens is 220 g/mol. The van der Waals surface area contributed by atoms with Crippen molar-refractivity contribution in [2.24, 2.45) is 0 Å². The number of nitrogen functional groups attached to an aromatic ring is 1. The van der Waals surface area contributed by atoms with E-state index in [-0.39, 0.29) is 17.6 Å². The maximum absolute atomic E-state index is 11.4. The van der Waals surface area contributed by atoms with Gasteiger partial charge >= 0.3 is 0 Å². The number of carbonyl (C=O) groups is 1. The molecule has 1 aromatic carbocycles. The van der Waals surface area contributed by atoms with Crippen molar-refractivity contribution in [1.29, 1.82) is 0 Å². The molecule has 0 atom stereocenters. The molecule has 0 fully saturated rings. The Labute approximate surface area is 98.2 Å². The molecule has 1 aromatic heterocycles. The molecule has 0 aliphatic rings. The van der Waals surface area contributed by atoms with E-state index in [2.05, 4.69) is 4.98 Å². The zero-order chi connectivity index (χ0) is 12.4. The van der Waals surface area contributed by atoms with Crippen LogP contribution in [0.4, 0.5) is 6.01 Å². The van der Waals surface area contributed by atoms with Crippen LogP contribution in [-0.2, 0) is 0 Å². The minimum absolute atomic E-state index is 0.0204. The average molecular weight is 232 g/mol. The van der Waals surface area contributed by atoms with E-state index in [4.69, 9.17) is 14.9 Å². The minimum atomic E-state index is -0.216. The summed E-state index contributed by atoms with van der Waals surface area (Å²) in [7, 11) is 1.57. The summed E-state index contributed by atoms with van der Waals surface area (Å²) in [5.74, 6) is 0.626. The predicted molar refractivity (Wildman–Crippen MR) is 62.9 cm³/mol. The molecule has 0 radical (unpaired) electrons. The molecule has 2 N–H and O–H groups in total. The van der Waals surface area contributed by atoms with Crippen LogP contribution in [0, 0.1) is 0 Å². The summed E-state index contributed by atoms with van der Waals surface area (Å²) >= 11 is 0. The summed E-state index contributed by atoms with van der Waals surface area (Å²) in [4.78, 5) is 15.4. The summed E-state index contributed by atoms with van der Waals surface area (Å²) in [6, 6.07) is 7.17. The first-order chi connectivity index (χ1) is 8.11. The Morgan fingerprint density at radius 3 is 2.88 bits per heavy atom. The van der Waals surface area contributed by atoms with Crippen LogP contribution in [0.2, 0.25) is 0 Å². The van der Waals surface area contributed by atoms with Gasteiger partial charge < -0.3 is 14.9 Å². The summed E-state index contributed by atoms with van der Waals surface area (Å²) in [5.41, 5.74) is 6.63. The van der Waals surface area contributed by atoms with Gasteiger partial charge in [-0.2, -0.15) is 4.98 Å². The maximum atomic E-state index is 11.4. The monoisotopic (exact) mass is 232 g/mol. The quantitative estimate of drug-likeness (QED) is 0.820. The van der Waals surface area contributed by atoms with Gasteiger partial charge in [-0.3, -0.25) is 4.79 Å². The van der Waals surface area contributed by atoms with Crippen molar-refractivity contribution in [3.63, 3.8) is 0 Å². The molecule has 0 aliphatic heterocycles. The number of methoxy groups -OCH3 is 1. The van der Waals surface area contributed by atoms with Crippen LogP contribution in [0.15, 0.2) is 28.7 Å². The van der Waals surface area contributed by atoms with E-state index in [9.17, 15) is 4.79 Å². The molecular formula is C12H12N2O3. The van der Waals surface area contributed by atoms with Crippen molar-refractivity contribution in [2.45, 2.75) is 6.92 Å². The Morgan fingerprint density at radius 1 is 1.47 bits per heavy atom. The third-order valence-electron chi connectivity index (χ3n) is 2.31. The Balaban J connectivity index is 2.55. The normalized spacial score (nSPS) is 10.2. The maximum Gasteiger partial charge on any atom is 0.293 e. The number of ether oxygens (including phenoxy) is 1. The van der Waals surface area contributed by atoms with Crippen LogP contribution >= 0.6 is 0 Å². The average Bonchev–Trinajstić information content (AvgIpc) is 2.72. The van der Waals surface area contributed by atoms with Crippen molar-refractivity contribution in [1.82, 2.24) is 4.98 Å². The molecule has 5 nitrogen and oxygen atoms in total. The lowest BCUT2D eigenvalue weighted by Crippen LogP contribution is -1.93. The summed E-state index contributed by atoms with van der Waals surface area (Å²) < 4.78 is 10.2. The Bertz CT molecular complexity index is 561. The van der Waals surface area contributed by atoms with E-state index in [1.165, 1.54) is 6.92 Å². The van der Waals surface area contributed by atoms with Gasteiger partial charge in [0, 0.05) is 12.5 Å². The number of hydrogen-bond donors (Lipinski definition) is 1. The zero-order valence-electron chi connectivity index (χ0n) is 9.56. The standard InChI is InChI=1S/C12H12N2O3/c1-7(15)11-10(14-12(13)17-11)8-4-3-5-9(6-8)16-2/h3-6H,1-2H3,(H2,13,14). The van der Waals surface area contributed by atoms with E-state index in [1.807, 2.05) is 12.1 Å². The van der Waals surface area contributed by atoms with E-state index in [1.54, 1.807) is 19.2 Å². The summed E-state index contributed by atoms with van der Waals surface area (Å²) in [6.07, 6.45) is 0. The smallest absolute Gasteiger partial charge is 0.293 e. The fourth-order valence-corrected chi connectivity index (χ4v) is 1.54. The Hall–Kier alpha value is -2.30. The van der Waals surface area contributed by atoms with Gasteiger partial charge in [-0.1, -0.05) is 12.1 Å². The molecule has 0 aliphatic carbocycles. The molecule has 0 amide bonds. The number of rotatable bonds is 3. The van der Waals surface area contributed by atoms with Crippen LogP contribution in [0.1, 0.15) is 17.5 Å². The number of Topliss-reactive ketones (excluding diaryl/α,β-unsaturated/α-hetero) is 1. The molecule has 0 unspecified atom stereocenters. The summed E-state index contributed by atoms with van der Waals surface area (Å²) in [5, 5.41) is 0. The van der Waals surface area contributed by atoms with Crippen molar-refractivity contribution in [2.75, 3.05) is 12.8 Å². The third kappa shape index (κ3) is 2.13. The van der Waals surface area contributed by atoms with Gasteiger partial charge in [0.1, 0.15) is 11.4 Å². The second-order valence-corrected chi connectivity index (χ2v) is 3.52. The number of benzene rings is 1. The van der Waals surface area contributed by atoms with Crippen molar-refractivity contribution in [3.05, 3.63) is 30.0 Å². The molecule has 0 saturated carbocycles. The zero-order valence-corrected chi connectivity index (χ0v) is 9.56. The van der Waals surface area contributed by atoms with Crippen molar-refractivity contribution >= 4 is 11.8 Å². The Morgan fingerprint density at radius 2 is 2.24 bits per heavy atom. The van der Waals surface area contributed by atoms with Gasteiger partial charge in [-0.05, 0) is 12.1 Å². The van der Waals surface area contributed by atoms with Crippen molar-refractivity contribution < 1.29 is 13.9 Å². The van der Waals surface area contributed by atoms with Gasteiger partial charge in [-0.25, -0.2) is 0 Å². The number of oxazole rings is 1. The van der Waals surface area contributed by atoms with E-state index in [0.29, 0.717) is 11.4 Å². The number of nitrogens with zero attached hydrogens (tertiary/aromatic N) is 1. The molecule has 0 spiro atoms. The predicted octanol–water partition coefficient (Wildman–Crippen LogP) is 2.13. The highest BCUT2D eigenvalue weighted by Gasteiger charge is 2.17. The van der Waals surface area contributed by atoms with Crippen LogP contribution in [-0.4, -0.2) is 17.9 Å². The van der Waals surface area contributed by atoms with E-state index in [0.717, 1.165) is 5.56 Å². The number of hydrogen-bond acceptors (Lipinski definition) is 5. The van der Waals surface area contributed by atoms with Crippen LogP contribution in [0.3, 0.4) is 0 Å². The number of anilines is 1. The largest absolute Gasteiger partial charge is 0.497 e. The van der Waals surface area contributed by atoms with Gasteiger partial charge in [0.2, 0.25) is 0 Å². The molecule has 5 heteroatoms. The molecule has 88 valence electrons. The first kappa shape index (κ1) is 11.2. The number of carbonyl (C=O) groups excluding carboxylic acids is 1. The lowest BCUT2D eigenvalue weighted by Gasteiger charge is -2.02. The molecule has 2 rings (SSSR count). The molecule has 0 saturated heterocycles. The first-order valence-electron chi connectivity index (χ1n) is 5.03. The minimum Gasteiger partial charge on any atom is -0.497 e. The van der Waals surface area contributed by atoms with Crippen LogP contribution in [0.25, 0.3) is 11.3 Å². The van der Waals surface area contributed by atoms with Gasteiger partial charge in [0.15, 0.2) is 11.5 Å². The van der Waals surface area contributed by atoms with Gasteiger partial charge in [-0.15, -0.1) is 0 Å². The highest BCUT2D eigenvalue weighted by atomic mass is 16.5. The fraction of sp³-hybridized carbons (Fsp3) is 0.167. The van der Waals surface area contributed by atoms with Crippen LogP contribution < -0.4 is 10.5 Å². The lowest BCUT2D eigenvalue weighted by atomic mass is 10.1. The molecule has 2 aromatic rings. The second-order valence-electron chi connectivity index (χ2n) is 3.52. The highest BCUT2D eigenvalue weighted by molar-refractivity contribution is 5.97. The topological polar surface area (TPSA) is 78.3 Å². The lowest BCUT2D eigenvalue weighted by molar-refractivity contribution is 0.0989. The fourth-order valence-electron chi connectivity index (χ4n) is 1.54.